The molecule has 0 aliphatic rings. The smallest absolute Gasteiger partial charge is 0.422 e. The van der Waals surface area contributed by atoms with Crippen LogP contribution in [0.25, 0.3) is 11.0 Å². The van der Waals surface area contributed by atoms with Gasteiger partial charge in [-0.1, -0.05) is 36.4 Å². The molecule has 3 aromatic rings. The van der Waals surface area contributed by atoms with Crippen molar-refractivity contribution in [2.75, 3.05) is 0 Å². The van der Waals surface area contributed by atoms with Gasteiger partial charge in [-0.25, -0.2) is 4.79 Å². The third kappa shape index (κ3) is 4.02. The molecule has 0 aliphatic carbocycles. The van der Waals surface area contributed by atoms with E-state index in [0.29, 0.717) is 11.0 Å². The third-order valence-corrected chi connectivity index (χ3v) is 3.52. The number of hydrogen-bond donors (Lipinski definition) is 1. The van der Waals surface area contributed by atoms with Crippen LogP contribution in [-0.2, 0) is 6.54 Å². The van der Waals surface area contributed by atoms with Gasteiger partial charge in [0.05, 0.1) is 0 Å². The van der Waals surface area contributed by atoms with Crippen LogP contribution >= 0.6 is 0 Å². The molecule has 0 fully saturated rings. The Balaban J connectivity index is 1.80. The summed E-state index contributed by atoms with van der Waals surface area (Å²) in [6.07, 6.45) is -4.85. The first kappa shape index (κ1) is 17.5. The van der Waals surface area contributed by atoms with E-state index in [1.54, 1.807) is 24.3 Å². The molecule has 0 atom stereocenters. The molecule has 0 radical (unpaired) electrons. The summed E-state index contributed by atoms with van der Waals surface area (Å²) in [5.74, 6) is -1.18. The Hall–Kier alpha value is -3.29. The first-order valence-corrected chi connectivity index (χ1v) is 7.48. The molecule has 0 bridgehead atoms. The number of carbonyl (C=O) groups excluding carboxylic acids is 1. The number of carbonyl (C=O) groups is 1. The molecule has 2 aromatic carbocycles. The van der Waals surface area contributed by atoms with Crippen LogP contribution in [0.4, 0.5) is 13.2 Å². The Labute approximate surface area is 145 Å². The second kappa shape index (κ2) is 6.91. The number of hydrogen-bond acceptors (Lipinski definition) is 4. The van der Waals surface area contributed by atoms with Gasteiger partial charge in [0.15, 0.2) is 0 Å². The Bertz CT molecular complexity index is 1010. The standard InChI is InChI=1S/C18H12F3NO4/c19-18(20,21)26-15-8-4-2-6-12(15)10-22-16(23)13-9-11-5-1-3-7-14(11)25-17(13)24/h1-9H,10H2,(H,22,23). The van der Waals surface area contributed by atoms with Crippen LogP contribution in [0.5, 0.6) is 5.75 Å². The van der Waals surface area contributed by atoms with E-state index in [2.05, 4.69) is 10.1 Å². The van der Waals surface area contributed by atoms with Crippen molar-refractivity contribution in [1.29, 1.82) is 0 Å². The van der Waals surface area contributed by atoms with E-state index >= 15 is 0 Å². The number of fused-ring (bicyclic) bond motifs is 1. The van der Waals surface area contributed by atoms with Gasteiger partial charge in [0.2, 0.25) is 0 Å². The summed E-state index contributed by atoms with van der Waals surface area (Å²) in [4.78, 5) is 24.2. The minimum absolute atomic E-state index is 0.114. The monoisotopic (exact) mass is 363 g/mol. The van der Waals surface area contributed by atoms with E-state index in [9.17, 15) is 22.8 Å². The van der Waals surface area contributed by atoms with Gasteiger partial charge in [-0.3, -0.25) is 4.79 Å². The van der Waals surface area contributed by atoms with Gasteiger partial charge in [-0.15, -0.1) is 13.2 Å². The number of alkyl halides is 3. The van der Waals surface area contributed by atoms with Gasteiger partial charge in [-0.05, 0) is 18.2 Å². The molecule has 8 heteroatoms. The zero-order valence-electron chi connectivity index (χ0n) is 13.2. The molecular weight excluding hydrogens is 351 g/mol. The summed E-state index contributed by atoms with van der Waals surface area (Å²) in [5.41, 5.74) is -0.625. The molecule has 0 spiro atoms. The Morgan fingerprint density at radius 1 is 1.08 bits per heavy atom. The predicted octanol–water partition coefficient (Wildman–Crippen LogP) is 3.62. The Morgan fingerprint density at radius 2 is 1.77 bits per heavy atom. The average molecular weight is 363 g/mol. The van der Waals surface area contributed by atoms with Crippen LogP contribution in [0, 0.1) is 0 Å². The van der Waals surface area contributed by atoms with Crippen LogP contribution in [0.3, 0.4) is 0 Å². The topological polar surface area (TPSA) is 68.5 Å². The minimum atomic E-state index is -4.85. The zero-order chi connectivity index (χ0) is 18.7. The number of nitrogens with one attached hydrogen (secondary N) is 1. The molecule has 3 rings (SSSR count). The molecule has 0 unspecified atom stereocenters. The number of benzene rings is 2. The number of rotatable bonds is 4. The summed E-state index contributed by atoms with van der Waals surface area (Å²) >= 11 is 0. The van der Waals surface area contributed by atoms with E-state index in [-0.39, 0.29) is 17.7 Å². The van der Waals surface area contributed by atoms with Crippen LogP contribution in [0.2, 0.25) is 0 Å². The molecule has 0 saturated heterocycles. The van der Waals surface area contributed by atoms with Gasteiger partial charge >= 0.3 is 12.0 Å². The first-order valence-electron chi connectivity index (χ1n) is 7.48. The lowest BCUT2D eigenvalue weighted by atomic mass is 10.1. The fourth-order valence-electron chi connectivity index (χ4n) is 2.37. The van der Waals surface area contributed by atoms with Gasteiger partial charge in [0.1, 0.15) is 16.9 Å². The van der Waals surface area contributed by atoms with Crippen molar-refractivity contribution in [3.8, 4) is 5.75 Å². The maximum absolute atomic E-state index is 12.4. The summed E-state index contributed by atoms with van der Waals surface area (Å²) in [6, 6.07) is 13.4. The number of amides is 1. The SMILES string of the molecule is O=C(NCc1ccccc1OC(F)(F)F)c1cc2ccccc2oc1=O. The fourth-order valence-corrected chi connectivity index (χ4v) is 2.37. The van der Waals surface area contributed by atoms with Crippen molar-refractivity contribution < 1.29 is 27.1 Å². The molecule has 5 nitrogen and oxygen atoms in total. The first-order chi connectivity index (χ1) is 12.3. The Morgan fingerprint density at radius 3 is 2.54 bits per heavy atom. The van der Waals surface area contributed by atoms with Crippen LogP contribution in [-0.4, -0.2) is 12.3 Å². The maximum Gasteiger partial charge on any atom is 0.573 e. The molecule has 0 aliphatic heterocycles. The fraction of sp³-hybridized carbons (Fsp3) is 0.111. The van der Waals surface area contributed by atoms with Crippen LogP contribution in [0.15, 0.2) is 63.8 Å². The lowest BCUT2D eigenvalue weighted by Crippen LogP contribution is -2.28. The van der Waals surface area contributed by atoms with Crippen molar-refractivity contribution in [2.45, 2.75) is 12.9 Å². The number of para-hydroxylation sites is 2. The third-order valence-electron chi connectivity index (χ3n) is 3.52. The highest BCUT2D eigenvalue weighted by atomic mass is 19.4. The summed E-state index contributed by atoms with van der Waals surface area (Å²) in [6.45, 7) is -0.253. The lowest BCUT2D eigenvalue weighted by molar-refractivity contribution is -0.274. The second-order valence-electron chi connectivity index (χ2n) is 5.32. The highest BCUT2D eigenvalue weighted by molar-refractivity contribution is 5.96. The summed E-state index contributed by atoms with van der Waals surface area (Å²) in [7, 11) is 0. The van der Waals surface area contributed by atoms with E-state index in [1.807, 2.05) is 0 Å². The largest absolute Gasteiger partial charge is 0.573 e. The highest BCUT2D eigenvalue weighted by Crippen LogP contribution is 2.26. The summed E-state index contributed by atoms with van der Waals surface area (Å²) < 4.78 is 46.3. The van der Waals surface area contributed by atoms with Crippen molar-refractivity contribution >= 4 is 16.9 Å². The molecule has 1 amide bonds. The molecule has 0 saturated carbocycles. The molecule has 1 heterocycles. The van der Waals surface area contributed by atoms with Crippen LogP contribution < -0.4 is 15.7 Å². The van der Waals surface area contributed by atoms with Gasteiger partial charge < -0.3 is 14.5 Å². The second-order valence-corrected chi connectivity index (χ2v) is 5.32. The van der Waals surface area contributed by atoms with E-state index in [0.717, 1.165) is 6.07 Å². The lowest BCUT2D eigenvalue weighted by Gasteiger charge is -2.13. The highest BCUT2D eigenvalue weighted by Gasteiger charge is 2.32. The normalized spacial score (nSPS) is 11.3. The molecule has 1 aromatic heterocycles. The quantitative estimate of drug-likeness (QED) is 0.719. The van der Waals surface area contributed by atoms with Crippen molar-refractivity contribution in [3.63, 3.8) is 0 Å². The van der Waals surface area contributed by atoms with Crippen molar-refractivity contribution in [3.05, 3.63) is 76.1 Å². The molecule has 134 valence electrons. The Kier molecular flexibility index (Phi) is 4.66. The maximum atomic E-state index is 12.4. The zero-order valence-corrected chi connectivity index (χ0v) is 13.2. The predicted molar refractivity (Wildman–Crippen MR) is 86.8 cm³/mol. The van der Waals surface area contributed by atoms with Crippen molar-refractivity contribution in [1.82, 2.24) is 5.32 Å². The van der Waals surface area contributed by atoms with Crippen molar-refractivity contribution in [2.24, 2.45) is 0 Å². The van der Waals surface area contributed by atoms with Gasteiger partial charge in [0, 0.05) is 17.5 Å². The number of halogens is 3. The van der Waals surface area contributed by atoms with E-state index < -0.39 is 23.6 Å². The summed E-state index contributed by atoms with van der Waals surface area (Å²) in [5, 5.41) is 2.95. The van der Waals surface area contributed by atoms with E-state index in [4.69, 9.17) is 4.42 Å². The van der Waals surface area contributed by atoms with Gasteiger partial charge in [0.25, 0.3) is 5.91 Å². The van der Waals surface area contributed by atoms with Gasteiger partial charge in [-0.2, -0.15) is 0 Å². The van der Waals surface area contributed by atoms with E-state index in [1.165, 1.54) is 24.3 Å². The molecular formula is C18H12F3NO4. The molecule has 1 N–H and O–H groups in total. The molecule has 26 heavy (non-hydrogen) atoms. The number of ether oxygens (including phenoxy) is 1. The van der Waals surface area contributed by atoms with Crippen LogP contribution in [0.1, 0.15) is 15.9 Å². The minimum Gasteiger partial charge on any atom is -0.422 e. The average Bonchev–Trinajstić information content (AvgIpc) is 2.59.